The predicted molar refractivity (Wildman–Crippen MR) is 71.6 cm³/mol. The van der Waals surface area contributed by atoms with Gasteiger partial charge in [-0.15, -0.1) is 0 Å². The Hall–Kier alpha value is -1.48. The molecule has 17 heavy (non-hydrogen) atoms. The molecule has 0 spiro atoms. The zero-order valence-electron chi connectivity index (χ0n) is 20.3. The highest BCUT2D eigenvalue weighted by molar-refractivity contribution is 5.81. The molecule has 0 N–H and O–H groups in total. The van der Waals surface area contributed by atoms with Gasteiger partial charge in [0.2, 0.25) is 0 Å². The minimum absolute atomic E-state index is 0.0581. The molecular weight excluding hydrogens is 212 g/mol. The Morgan fingerprint density at radius 2 is 2.41 bits per heavy atom. The minimum atomic E-state index is -3.12. The Morgan fingerprint density at radius 3 is 3.18 bits per heavy atom. The van der Waals surface area contributed by atoms with Gasteiger partial charge in [-0.2, -0.15) is 0 Å². The summed E-state index contributed by atoms with van der Waals surface area (Å²) in [5.41, 5.74) is 0.396. The second-order valence-electron chi connectivity index (χ2n) is 3.65. The Balaban J connectivity index is 2.47. The van der Waals surface area contributed by atoms with Crippen LogP contribution in [0.4, 0.5) is 0 Å². The molecule has 92 valence electrons. The third kappa shape index (κ3) is 2.44. The number of nitrogens with zero attached hydrogens (tertiary/aromatic N) is 2. The zero-order chi connectivity index (χ0) is 21.7. The standard InChI is InChI=1S/C14H20N2O/c1-11(15(2)3)10-16-8-7-12-9-13(17-4)5-6-14(12)16/h5-9,11H,10H2,1-4H3/t11-/m1/s1/i2D3,3D3,4D3,10D,11D/t10?,11-. The summed E-state index contributed by atoms with van der Waals surface area (Å²) < 4.78 is 89.4. The summed E-state index contributed by atoms with van der Waals surface area (Å²) in [4.78, 5) is 0.0581. The quantitative estimate of drug-likeness (QED) is 0.821. The molecule has 1 heterocycles. The molecule has 3 nitrogen and oxygen atoms in total. The SMILES string of the molecule is [2H]C(n1ccc2cc(OC([2H])([2H])[2H])ccc21)[C@@]([2H])(C)N(C([2H])([2H])[2H])C([2H])([2H])[2H]. The van der Waals surface area contributed by atoms with E-state index in [1.165, 1.54) is 35.0 Å². The molecule has 0 bridgehead atoms. The van der Waals surface area contributed by atoms with E-state index in [2.05, 4.69) is 0 Å². The van der Waals surface area contributed by atoms with Crippen LogP contribution in [0.1, 0.15) is 22.0 Å². The van der Waals surface area contributed by atoms with Crippen molar-refractivity contribution >= 4 is 10.9 Å². The first-order valence-electron chi connectivity index (χ1n) is 10.5. The maximum absolute atomic E-state index is 8.42. The van der Waals surface area contributed by atoms with Crippen molar-refractivity contribution in [2.24, 2.45) is 0 Å². The molecule has 2 aromatic rings. The van der Waals surface area contributed by atoms with E-state index in [9.17, 15) is 0 Å². The second kappa shape index (κ2) is 4.80. The maximum Gasteiger partial charge on any atom is 0.119 e. The summed E-state index contributed by atoms with van der Waals surface area (Å²) in [6.07, 6.45) is 1.41. The summed E-state index contributed by atoms with van der Waals surface area (Å²) in [5.74, 6) is 0.0759. The lowest BCUT2D eigenvalue weighted by atomic mass is 10.2. The average molecular weight is 243 g/mol. The van der Waals surface area contributed by atoms with Gasteiger partial charge in [0.15, 0.2) is 0 Å². The summed E-state index contributed by atoms with van der Waals surface area (Å²) in [5, 5.41) is 0.490. The molecule has 0 aliphatic carbocycles. The Morgan fingerprint density at radius 1 is 1.53 bits per heavy atom. The number of likely N-dealkylation sites (N-methyl/N-ethyl adjacent to an activating group) is 1. The molecule has 0 saturated heterocycles. The Kier molecular flexibility index (Phi) is 1.22. The number of benzene rings is 1. The zero-order valence-corrected chi connectivity index (χ0v) is 9.27. The molecule has 0 saturated carbocycles. The van der Waals surface area contributed by atoms with E-state index >= 15 is 0 Å². The van der Waals surface area contributed by atoms with Gasteiger partial charge in [-0.3, -0.25) is 0 Å². The van der Waals surface area contributed by atoms with Crippen LogP contribution in [0.2, 0.25) is 0 Å². The lowest BCUT2D eigenvalue weighted by Gasteiger charge is -2.20. The Bertz CT molecular complexity index is 820. The number of ether oxygens (including phenoxy) is 1. The molecular formula is C14H20N2O. The molecule has 2 atom stereocenters. The molecule has 0 aliphatic rings. The van der Waals surface area contributed by atoms with Gasteiger partial charge in [-0.1, -0.05) is 0 Å². The van der Waals surface area contributed by atoms with Crippen molar-refractivity contribution in [1.82, 2.24) is 9.47 Å². The van der Waals surface area contributed by atoms with E-state index in [0.29, 0.717) is 10.9 Å². The lowest BCUT2D eigenvalue weighted by molar-refractivity contribution is 0.286. The van der Waals surface area contributed by atoms with Crippen LogP contribution in [0.25, 0.3) is 10.9 Å². The minimum Gasteiger partial charge on any atom is -0.497 e. The van der Waals surface area contributed by atoms with Gasteiger partial charge in [0.25, 0.3) is 0 Å². The van der Waals surface area contributed by atoms with Crippen molar-refractivity contribution in [3.05, 3.63) is 30.5 Å². The smallest absolute Gasteiger partial charge is 0.119 e. The summed E-state index contributed by atoms with van der Waals surface area (Å²) in [6.45, 7) is -6.79. The van der Waals surface area contributed by atoms with E-state index in [0.717, 1.165) is 6.92 Å². The van der Waals surface area contributed by atoms with Crippen LogP contribution in [0, 0.1) is 0 Å². The van der Waals surface area contributed by atoms with E-state index in [4.69, 9.17) is 19.8 Å². The molecule has 0 amide bonds. The largest absolute Gasteiger partial charge is 0.497 e. The summed E-state index contributed by atoms with van der Waals surface area (Å²) in [6, 6.07) is 3.45. The van der Waals surface area contributed by atoms with Crippen LogP contribution >= 0.6 is 0 Å². The molecule has 2 rings (SSSR count). The van der Waals surface area contributed by atoms with Crippen LogP contribution in [0.15, 0.2) is 30.5 Å². The van der Waals surface area contributed by atoms with Gasteiger partial charge in [-0.05, 0) is 45.1 Å². The molecule has 1 unspecified atom stereocenters. The molecule has 1 aromatic carbocycles. The average Bonchev–Trinajstić information content (AvgIpc) is 2.83. The number of hydrogen-bond acceptors (Lipinski definition) is 2. The van der Waals surface area contributed by atoms with E-state index in [-0.39, 0.29) is 10.6 Å². The van der Waals surface area contributed by atoms with Crippen molar-refractivity contribution in [2.45, 2.75) is 19.5 Å². The van der Waals surface area contributed by atoms with Crippen molar-refractivity contribution in [1.29, 1.82) is 0 Å². The molecule has 3 heteroatoms. The first kappa shape index (κ1) is 4.32. The normalized spacial score (nSPS) is 28.7. The van der Waals surface area contributed by atoms with Crippen molar-refractivity contribution < 1.29 is 19.8 Å². The summed E-state index contributed by atoms with van der Waals surface area (Å²) >= 11 is 0. The topological polar surface area (TPSA) is 17.4 Å². The van der Waals surface area contributed by atoms with Gasteiger partial charge >= 0.3 is 0 Å². The fourth-order valence-corrected chi connectivity index (χ4v) is 1.58. The van der Waals surface area contributed by atoms with Crippen molar-refractivity contribution in [3.63, 3.8) is 0 Å². The van der Waals surface area contributed by atoms with E-state index < -0.39 is 33.5 Å². The van der Waals surface area contributed by atoms with E-state index in [1.807, 2.05) is 0 Å². The fraction of sp³-hybridized carbons (Fsp3) is 0.429. The number of methoxy groups -OCH3 is 1. The van der Waals surface area contributed by atoms with Crippen molar-refractivity contribution in [2.75, 3.05) is 21.0 Å². The van der Waals surface area contributed by atoms with Crippen molar-refractivity contribution in [3.8, 4) is 5.75 Å². The van der Waals surface area contributed by atoms with Gasteiger partial charge in [-0.25, -0.2) is 0 Å². The lowest BCUT2D eigenvalue weighted by Crippen LogP contribution is -2.28. The monoisotopic (exact) mass is 243 g/mol. The predicted octanol–water partition coefficient (Wildman–Crippen LogP) is 2.60. The van der Waals surface area contributed by atoms with Gasteiger partial charge in [0.1, 0.15) is 5.75 Å². The highest BCUT2D eigenvalue weighted by Crippen LogP contribution is 2.22. The highest BCUT2D eigenvalue weighted by Gasteiger charge is 2.08. The summed E-state index contributed by atoms with van der Waals surface area (Å²) in [7, 11) is -2.63. The number of rotatable bonds is 4. The number of hydrogen-bond donors (Lipinski definition) is 0. The first-order valence-corrected chi connectivity index (χ1v) is 4.97. The van der Waals surface area contributed by atoms with Crippen LogP contribution in [0.5, 0.6) is 5.75 Å². The van der Waals surface area contributed by atoms with Crippen LogP contribution in [-0.4, -0.2) is 36.5 Å². The third-order valence-corrected chi connectivity index (χ3v) is 2.49. The first-order chi connectivity index (χ1) is 12.4. The highest BCUT2D eigenvalue weighted by atomic mass is 16.5. The third-order valence-electron chi connectivity index (χ3n) is 2.49. The number of fused-ring (bicyclic) bond motifs is 1. The Labute approximate surface area is 118 Å². The van der Waals surface area contributed by atoms with Crippen LogP contribution in [0.3, 0.4) is 0 Å². The maximum atomic E-state index is 8.42. The van der Waals surface area contributed by atoms with Gasteiger partial charge < -0.3 is 14.2 Å². The van der Waals surface area contributed by atoms with Crippen LogP contribution in [-0.2, 0) is 6.52 Å². The van der Waals surface area contributed by atoms with E-state index in [1.54, 1.807) is 0 Å². The molecule has 0 radical (unpaired) electrons. The molecule has 0 fully saturated rings. The van der Waals surface area contributed by atoms with Gasteiger partial charge in [0.05, 0.1) is 12.5 Å². The molecule has 0 aliphatic heterocycles. The number of aromatic nitrogens is 1. The van der Waals surface area contributed by atoms with Gasteiger partial charge in [0, 0.05) is 39.2 Å². The fourth-order valence-electron chi connectivity index (χ4n) is 1.58. The van der Waals surface area contributed by atoms with Crippen LogP contribution < -0.4 is 4.74 Å². The second-order valence-corrected chi connectivity index (χ2v) is 3.65. The molecule has 1 aromatic heterocycles.